The zero-order valence-electron chi connectivity index (χ0n) is 9.22. The molecule has 0 atom stereocenters. The van der Waals surface area contributed by atoms with E-state index >= 15 is 0 Å². The highest BCUT2D eigenvalue weighted by molar-refractivity contribution is 6.31. The van der Waals surface area contributed by atoms with Crippen molar-refractivity contribution in [2.75, 3.05) is 0 Å². The summed E-state index contributed by atoms with van der Waals surface area (Å²) in [6.45, 7) is 4.15. The fourth-order valence-electron chi connectivity index (χ4n) is 1.77. The van der Waals surface area contributed by atoms with Gasteiger partial charge < -0.3 is 0 Å². The predicted octanol–water partition coefficient (Wildman–Crippen LogP) is 5.28. The van der Waals surface area contributed by atoms with Crippen LogP contribution in [0, 0.1) is 13.8 Å². The van der Waals surface area contributed by atoms with Gasteiger partial charge in [0.2, 0.25) is 0 Å². The number of aryl methyl sites for hydroxylation is 2. The molecule has 0 aliphatic rings. The Kier molecular flexibility index (Phi) is 3.22. The van der Waals surface area contributed by atoms with Gasteiger partial charge in [0.1, 0.15) is 0 Å². The molecule has 0 aliphatic heterocycles. The number of benzene rings is 2. The van der Waals surface area contributed by atoms with Crippen LogP contribution in [-0.4, -0.2) is 0 Å². The van der Waals surface area contributed by atoms with E-state index in [2.05, 4.69) is 13.8 Å². The van der Waals surface area contributed by atoms with E-state index in [9.17, 15) is 0 Å². The molecule has 0 amide bonds. The van der Waals surface area contributed by atoms with Gasteiger partial charge in [-0.05, 0) is 60.4 Å². The van der Waals surface area contributed by atoms with Crippen molar-refractivity contribution < 1.29 is 0 Å². The van der Waals surface area contributed by atoms with Crippen LogP contribution in [0.2, 0.25) is 10.0 Å². The van der Waals surface area contributed by atoms with Crippen molar-refractivity contribution in [2.45, 2.75) is 13.8 Å². The maximum absolute atomic E-state index is 6.03. The molecular weight excluding hydrogens is 239 g/mol. The van der Waals surface area contributed by atoms with Gasteiger partial charge in [-0.15, -0.1) is 0 Å². The summed E-state index contributed by atoms with van der Waals surface area (Å²) >= 11 is 12.1. The molecule has 0 aromatic heterocycles. The molecule has 0 heterocycles. The van der Waals surface area contributed by atoms with Gasteiger partial charge in [0.05, 0.1) is 0 Å². The minimum atomic E-state index is 0.750. The Morgan fingerprint density at radius 2 is 1.06 bits per heavy atom. The van der Waals surface area contributed by atoms with Crippen LogP contribution >= 0.6 is 23.2 Å². The van der Waals surface area contributed by atoms with E-state index in [1.165, 1.54) is 11.1 Å². The molecule has 0 bridgehead atoms. The van der Waals surface area contributed by atoms with Gasteiger partial charge >= 0.3 is 0 Å². The second kappa shape index (κ2) is 4.48. The minimum absolute atomic E-state index is 0.750. The van der Waals surface area contributed by atoms with Crippen LogP contribution in [0.3, 0.4) is 0 Å². The van der Waals surface area contributed by atoms with E-state index in [-0.39, 0.29) is 0 Å². The molecule has 0 fully saturated rings. The molecule has 2 aromatic carbocycles. The molecule has 0 N–H and O–H groups in total. The zero-order valence-corrected chi connectivity index (χ0v) is 10.7. The summed E-state index contributed by atoms with van der Waals surface area (Å²) in [6, 6.07) is 11.8. The van der Waals surface area contributed by atoms with E-state index in [1.807, 2.05) is 36.4 Å². The summed E-state index contributed by atoms with van der Waals surface area (Å²) in [5.41, 5.74) is 4.70. The van der Waals surface area contributed by atoms with Crippen LogP contribution < -0.4 is 0 Å². The largest absolute Gasteiger partial charge is 0.0843 e. The molecule has 0 radical (unpaired) electrons. The number of hydrogen-bond donors (Lipinski definition) is 0. The third-order valence-corrected chi connectivity index (χ3v) is 3.16. The van der Waals surface area contributed by atoms with E-state index in [1.54, 1.807) is 0 Å². The van der Waals surface area contributed by atoms with Crippen LogP contribution in [0.5, 0.6) is 0 Å². The Morgan fingerprint density at radius 1 is 0.688 bits per heavy atom. The quantitative estimate of drug-likeness (QED) is 0.647. The van der Waals surface area contributed by atoms with Gasteiger partial charge in [0.25, 0.3) is 0 Å². The Morgan fingerprint density at radius 3 is 1.44 bits per heavy atom. The van der Waals surface area contributed by atoms with Crippen LogP contribution in [-0.2, 0) is 0 Å². The van der Waals surface area contributed by atoms with Gasteiger partial charge in [0.15, 0.2) is 0 Å². The Bertz CT molecular complexity index is 481. The highest BCUT2D eigenvalue weighted by Gasteiger charge is 2.06. The molecule has 0 saturated heterocycles. The van der Waals surface area contributed by atoms with E-state index < -0.39 is 0 Å². The van der Waals surface area contributed by atoms with Crippen molar-refractivity contribution in [3.63, 3.8) is 0 Å². The highest BCUT2D eigenvalue weighted by atomic mass is 35.5. The number of halogens is 2. The highest BCUT2D eigenvalue weighted by Crippen LogP contribution is 2.31. The lowest BCUT2D eigenvalue weighted by Crippen LogP contribution is -1.87. The molecule has 82 valence electrons. The first-order valence-electron chi connectivity index (χ1n) is 5.10. The molecule has 0 unspecified atom stereocenters. The number of hydrogen-bond acceptors (Lipinski definition) is 0. The fraction of sp³-hybridized carbons (Fsp3) is 0.143. The lowest BCUT2D eigenvalue weighted by molar-refractivity contribution is 1.41. The maximum atomic E-state index is 6.03. The first-order valence-corrected chi connectivity index (χ1v) is 5.86. The third-order valence-electron chi connectivity index (χ3n) is 2.69. The van der Waals surface area contributed by atoms with Crippen molar-refractivity contribution in [1.82, 2.24) is 0 Å². The average Bonchev–Trinajstić information content (AvgIpc) is 2.25. The van der Waals surface area contributed by atoms with Crippen molar-refractivity contribution in [3.8, 4) is 11.1 Å². The Hall–Kier alpha value is -0.980. The summed E-state index contributed by atoms with van der Waals surface area (Å²) in [5, 5.41) is 1.50. The molecule has 2 aromatic rings. The fourth-order valence-corrected chi connectivity index (χ4v) is 2.11. The summed E-state index contributed by atoms with van der Waals surface area (Å²) in [7, 11) is 0. The minimum Gasteiger partial charge on any atom is -0.0843 e. The number of rotatable bonds is 1. The maximum Gasteiger partial charge on any atom is 0.0412 e. The summed E-state index contributed by atoms with van der Waals surface area (Å²) in [5.74, 6) is 0. The average molecular weight is 251 g/mol. The predicted molar refractivity (Wildman–Crippen MR) is 71.4 cm³/mol. The van der Waals surface area contributed by atoms with Gasteiger partial charge in [-0.3, -0.25) is 0 Å². The van der Waals surface area contributed by atoms with Crippen molar-refractivity contribution in [1.29, 1.82) is 0 Å². The molecule has 2 heteroatoms. The summed E-state index contributed by atoms with van der Waals surface area (Å²) in [4.78, 5) is 0. The van der Waals surface area contributed by atoms with Crippen molar-refractivity contribution in [2.24, 2.45) is 0 Å². The van der Waals surface area contributed by atoms with Gasteiger partial charge in [-0.2, -0.15) is 0 Å². The van der Waals surface area contributed by atoms with Crippen LogP contribution in [0.15, 0.2) is 36.4 Å². The first-order chi connectivity index (χ1) is 7.58. The second-order valence-corrected chi connectivity index (χ2v) is 4.79. The van der Waals surface area contributed by atoms with E-state index in [4.69, 9.17) is 23.2 Å². The summed E-state index contributed by atoms with van der Waals surface area (Å²) < 4.78 is 0. The van der Waals surface area contributed by atoms with E-state index in [0.29, 0.717) is 0 Å². The topological polar surface area (TPSA) is 0 Å². The van der Waals surface area contributed by atoms with Crippen LogP contribution in [0.4, 0.5) is 0 Å². The van der Waals surface area contributed by atoms with Crippen molar-refractivity contribution >= 4 is 23.2 Å². The van der Waals surface area contributed by atoms with Gasteiger partial charge in [-0.25, -0.2) is 0 Å². The summed E-state index contributed by atoms with van der Waals surface area (Å²) in [6.07, 6.45) is 0. The lowest BCUT2D eigenvalue weighted by Gasteiger charge is -2.10. The zero-order chi connectivity index (χ0) is 11.7. The molecular formula is C14H12Cl2. The normalized spacial score (nSPS) is 10.5. The standard InChI is InChI=1S/C14H12Cl2/c1-9-3-5-11(15)7-13(9)14-8-12(16)6-4-10(14)2/h3-8H,1-2H3. The smallest absolute Gasteiger partial charge is 0.0412 e. The Balaban J connectivity index is 2.66. The molecule has 2 rings (SSSR count). The van der Waals surface area contributed by atoms with Crippen LogP contribution in [0.25, 0.3) is 11.1 Å². The first kappa shape index (κ1) is 11.5. The second-order valence-electron chi connectivity index (χ2n) is 3.92. The van der Waals surface area contributed by atoms with Gasteiger partial charge in [0, 0.05) is 10.0 Å². The lowest BCUT2D eigenvalue weighted by atomic mass is 9.97. The molecule has 0 saturated carbocycles. The molecule has 0 aliphatic carbocycles. The van der Waals surface area contributed by atoms with E-state index in [0.717, 1.165) is 21.2 Å². The van der Waals surface area contributed by atoms with Crippen molar-refractivity contribution in [3.05, 3.63) is 57.6 Å². The molecule has 0 spiro atoms. The molecule has 16 heavy (non-hydrogen) atoms. The van der Waals surface area contributed by atoms with Gasteiger partial charge in [-0.1, -0.05) is 35.3 Å². The molecule has 0 nitrogen and oxygen atoms in total. The SMILES string of the molecule is Cc1ccc(Cl)cc1-c1cc(Cl)ccc1C. The van der Waals surface area contributed by atoms with Crippen LogP contribution in [0.1, 0.15) is 11.1 Å². The Labute approximate surface area is 106 Å². The monoisotopic (exact) mass is 250 g/mol. The third kappa shape index (κ3) is 2.23.